The molecule has 3 nitrogen and oxygen atoms in total. The van der Waals surface area contributed by atoms with Gasteiger partial charge in [-0.15, -0.1) is 0 Å². The highest BCUT2D eigenvalue weighted by Crippen LogP contribution is 2.43. The van der Waals surface area contributed by atoms with Gasteiger partial charge in [0.05, 0.1) is 26.6 Å². The second kappa shape index (κ2) is 7.82. The number of H-pyrrole nitrogens is 1. The molecule has 2 aromatic heterocycles. The van der Waals surface area contributed by atoms with Gasteiger partial charge >= 0.3 is 0 Å². The summed E-state index contributed by atoms with van der Waals surface area (Å²) in [6, 6.07) is 10.6. The Hall–Kier alpha value is -2.17. The van der Waals surface area contributed by atoms with Gasteiger partial charge in [0, 0.05) is 17.5 Å². The molecule has 1 fully saturated rings. The third-order valence-electron chi connectivity index (χ3n) is 6.63. The predicted molar refractivity (Wildman–Crippen MR) is 121 cm³/mol. The Bertz CT molecular complexity index is 1190. The van der Waals surface area contributed by atoms with Gasteiger partial charge < -0.3 is 4.98 Å². The van der Waals surface area contributed by atoms with Gasteiger partial charge in [0.25, 0.3) is 0 Å². The maximum absolute atomic E-state index is 13.8. The van der Waals surface area contributed by atoms with Gasteiger partial charge in [-0.3, -0.25) is 4.98 Å². The first-order valence-electron chi connectivity index (χ1n) is 10.4. The molecule has 0 spiro atoms. The molecule has 0 unspecified atom stereocenters. The number of fused-ring (bicyclic) bond motifs is 2. The van der Waals surface area contributed by atoms with Crippen molar-refractivity contribution in [2.45, 2.75) is 44.4 Å². The largest absolute Gasteiger partial charge is 0.342 e. The molecule has 1 aliphatic rings. The lowest BCUT2D eigenvalue weighted by Gasteiger charge is -2.32. The van der Waals surface area contributed by atoms with Crippen molar-refractivity contribution in [1.82, 2.24) is 15.0 Å². The second-order valence-electron chi connectivity index (χ2n) is 8.37. The van der Waals surface area contributed by atoms with Crippen LogP contribution < -0.4 is 0 Å². The van der Waals surface area contributed by atoms with Crippen LogP contribution in [0, 0.1) is 11.7 Å². The van der Waals surface area contributed by atoms with E-state index in [4.69, 9.17) is 28.2 Å². The molecule has 0 saturated heterocycles. The zero-order valence-corrected chi connectivity index (χ0v) is 18.1. The van der Waals surface area contributed by atoms with Crippen LogP contribution in [0.4, 0.5) is 4.39 Å². The van der Waals surface area contributed by atoms with Gasteiger partial charge in [-0.1, -0.05) is 30.1 Å². The minimum Gasteiger partial charge on any atom is -0.342 e. The number of nitrogens with zero attached hydrogens (tertiary/aromatic N) is 2. The summed E-state index contributed by atoms with van der Waals surface area (Å²) >= 11 is 12.3. The maximum Gasteiger partial charge on any atom is 0.123 e. The van der Waals surface area contributed by atoms with Gasteiger partial charge in [-0.2, -0.15) is 0 Å². The molecular weight excluding hydrogens is 420 g/mol. The van der Waals surface area contributed by atoms with Crippen molar-refractivity contribution >= 4 is 45.1 Å². The molecule has 0 radical (unpaired) electrons. The van der Waals surface area contributed by atoms with Crippen molar-refractivity contribution in [2.75, 3.05) is 0 Å². The number of hydrogen-bond donors (Lipinski definition) is 1. The molecule has 4 aromatic rings. The normalized spacial score (nSPS) is 20.7. The molecule has 5 rings (SSSR count). The van der Waals surface area contributed by atoms with Crippen molar-refractivity contribution in [3.8, 4) is 0 Å². The summed E-state index contributed by atoms with van der Waals surface area (Å²) in [5.74, 6) is 2.10. The van der Waals surface area contributed by atoms with Crippen molar-refractivity contribution in [2.24, 2.45) is 5.92 Å². The fourth-order valence-corrected chi connectivity index (χ4v) is 5.21. The average molecular weight is 442 g/mol. The van der Waals surface area contributed by atoms with Crippen LogP contribution in [-0.2, 0) is 0 Å². The fourth-order valence-electron chi connectivity index (χ4n) is 4.89. The molecule has 0 bridgehead atoms. The minimum atomic E-state index is -0.204. The number of aromatic amines is 1. The van der Waals surface area contributed by atoms with E-state index >= 15 is 0 Å². The van der Waals surface area contributed by atoms with Gasteiger partial charge in [0.1, 0.15) is 11.6 Å². The van der Waals surface area contributed by atoms with Crippen LogP contribution in [0.5, 0.6) is 0 Å². The molecule has 2 heterocycles. The minimum absolute atomic E-state index is 0.204. The number of aromatic nitrogens is 3. The van der Waals surface area contributed by atoms with Crippen LogP contribution in [0.1, 0.15) is 55.8 Å². The van der Waals surface area contributed by atoms with E-state index < -0.39 is 0 Å². The first-order valence-corrected chi connectivity index (χ1v) is 11.1. The Balaban J connectivity index is 1.34. The van der Waals surface area contributed by atoms with E-state index in [0.29, 0.717) is 27.8 Å². The second-order valence-corrected chi connectivity index (χ2v) is 9.18. The van der Waals surface area contributed by atoms with Gasteiger partial charge in [0.15, 0.2) is 0 Å². The van der Waals surface area contributed by atoms with Crippen molar-refractivity contribution < 1.29 is 4.39 Å². The summed E-state index contributed by atoms with van der Waals surface area (Å²) in [4.78, 5) is 12.6. The summed E-state index contributed by atoms with van der Waals surface area (Å²) in [6.45, 7) is 2.24. The monoisotopic (exact) mass is 441 g/mol. The molecule has 0 aliphatic heterocycles. The number of hydrogen-bond acceptors (Lipinski definition) is 2. The van der Waals surface area contributed by atoms with E-state index in [0.717, 1.165) is 53.4 Å². The first kappa shape index (κ1) is 19.8. The molecular formula is C24H22Cl2FN3. The van der Waals surface area contributed by atoms with Crippen LogP contribution in [0.15, 0.2) is 42.6 Å². The number of pyridine rings is 1. The Labute approximate surface area is 184 Å². The first-order chi connectivity index (χ1) is 14.5. The lowest BCUT2D eigenvalue weighted by molar-refractivity contribution is 0.286. The Morgan fingerprint density at radius 2 is 1.77 bits per heavy atom. The van der Waals surface area contributed by atoms with Crippen molar-refractivity contribution in [3.63, 3.8) is 0 Å². The molecule has 30 heavy (non-hydrogen) atoms. The predicted octanol–water partition coefficient (Wildman–Crippen LogP) is 7.63. The molecule has 2 aromatic carbocycles. The SMILES string of the molecule is C[C@@H](c1nc2cc(Cl)c(Cl)cc2[nH]1)C1CCC(c2ccnc3ccc(F)cc23)CC1. The summed E-state index contributed by atoms with van der Waals surface area (Å²) in [5, 5.41) is 2.00. The number of imidazole rings is 1. The number of halogens is 3. The van der Waals surface area contributed by atoms with Gasteiger partial charge in [-0.25, -0.2) is 9.37 Å². The van der Waals surface area contributed by atoms with Crippen LogP contribution in [0.3, 0.4) is 0 Å². The highest BCUT2D eigenvalue weighted by molar-refractivity contribution is 6.42. The highest BCUT2D eigenvalue weighted by atomic mass is 35.5. The summed E-state index contributed by atoms with van der Waals surface area (Å²) in [5.41, 5.74) is 3.86. The number of rotatable bonds is 3. The number of benzene rings is 2. The summed E-state index contributed by atoms with van der Waals surface area (Å²) < 4.78 is 13.8. The van der Waals surface area contributed by atoms with Crippen molar-refractivity contribution in [1.29, 1.82) is 0 Å². The topological polar surface area (TPSA) is 41.6 Å². The van der Waals surface area contributed by atoms with Gasteiger partial charge in [-0.05, 0) is 79.5 Å². The Morgan fingerprint density at radius 3 is 2.57 bits per heavy atom. The summed E-state index contributed by atoms with van der Waals surface area (Å²) in [7, 11) is 0. The molecule has 0 amide bonds. The molecule has 1 N–H and O–H groups in total. The third-order valence-corrected chi connectivity index (χ3v) is 7.35. The Kier molecular flexibility index (Phi) is 5.16. The van der Waals surface area contributed by atoms with Crippen LogP contribution >= 0.6 is 23.2 Å². The van der Waals surface area contributed by atoms with E-state index in [9.17, 15) is 4.39 Å². The molecule has 1 aliphatic carbocycles. The van der Waals surface area contributed by atoms with Crippen LogP contribution in [-0.4, -0.2) is 15.0 Å². The van der Waals surface area contributed by atoms with E-state index in [-0.39, 0.29) is 5.82 Å². The lowest BCUT2D eigenvalue weighted by atomic mass is 9.73. The van der Waals surface area contributed by atoms with Crippen LogP contribution in [0.2, 0.25) is 10.0 Å². The molecule has 154 valence electrons. The van der Waals surface area contributed by atoms with E-state index in [1.165, 1.54) is 11.6 Å². The summed E-state index contributed by atoms with van der Waals surface area (Å²) in [6.07, 6.45) is 6.24. The Morgan fingerprint density at radius 1 is 1.00 bits per heavy atom. The lowest BCUT2D eigenvalue weighted by Crippen LogP contribution is -2.19. The molecule has 1 saturated carbocycles. The third kappa shape index (κ3) is 3.57. The fraction of sp³-hybridized carbons (Fsp3) is 0.333. The zero-order chi connectivity index (χ0) is 20.8. The zero-order valence-electron chi connectivity index (χ0n) is 16.6. The molecule has 1 atom stereocenters. The van der Waals surface area contributed by atoms with E-state index in [1.807, 2.05) is 18.3 Å². The number of nitrogens with one attached hydrogen (secondary N) is 1. The average Bonchev–Trinajstić information content (AvgIpc) is 3.16. The molecule has 6 heteroatoms. The smallest absolute Gasteiger partial charge is 0.123 e. The highest BCUT2D eigenvalue weighted by Gasteiger charge is 2.29. The van der Waals surface area contributed by atoms with Crippen LogP contribution in [0.25, 0.3) is 21.9 Å². The van der Waals surface area contributed by atoms with E-state index in [2.05, 4.69) is 23.0 Å². The van der Waals surface area contributed by atoms with Crippen molar-refractivity contribution in [3.05, 3.63) is 69.8 Å². The van der Waals surface area contributed by atoms with Gasteiger partial charge in [0.2, 0.25) is 0 Å². The standard InChI is InChI=1S/C24H22Cl2FN3/c1-13(24-29-22-11-19(25)20(26)12-23(22)30-24)14-2-4-15(5-3-14)17-8-9-28-21-7-6-16(27)10-18(17)21/h6-15H,2-5H2,1H3,(H,29,30)/t13-,14?,15?/m1/s1. The van der Waals surface area contributed by atoms with E-state index in [1.54, 1.807) is 12.1 Å². The quantitative estimate of drug-likeness (QED) is 0.354. The maximum atomic E-state index is 13.8.